The van der Waals surface area contributed by atoms with Crippen molar-refractivity contribution in [1.29, 1.82) is 0 Å². The summed E-state index contributed by atoms with van der Waals surface area (Å²) in [5.41, 5.74) is 3.92. The Balaban J connectivity index is 4.27. The van der Waals surface area contributed by atoms with Crippen LogP contribution in [0, 0.1) is 11.8 Å². The van der Waals surface area contributed by atoms with Gasteiger partial charge in [-0.05, 0) is 20.8 Å². The van der Waals surface area contributed by atoms with Gasteiger partial charge in [0.15, 0.2) is 0 Å². The largest absolute Gasteiger partial charge is 0.369 e. The van der Waals surface area contributed by atoms with E-state index < -0.39 is 11.3 Å². The van der Waals surface area contributed by atoms with Gasteiger partial charge in [0.2, 0.25) is 11.8 Å². The molecule has 2 amide bonds. The van der Waals surface area contributed by atoms with E-state index in [0.29, 0.717) is 0 Å². The Bertz CT molecular complexity index is 239. The number of hydrogen-bond acceptors (Lipinski definition) is 2. The highest BCUT2D eigenvalue weighted by Gasteiger charge is 2.29. The molecule has 81 valence electrons. The molecule has 0 aliphatic rings. The van der Waals surface area contributed by atoms with Gasteiger partial charge in [0.1, 0.15) is 0 Å². The Hall–Kier alpha value is -1.06. The van der Waals surface area contributed by atoms with Gasteiger partial charge in [-0.25, -0.2) is 0 Å². The summed E-state index contributed by atoms with van der Waals surface area (Å²) in [5.74, 6) is -0.789. The highest BCUT2D eigenvalue weighted by atomic mass is 16.2. The third-order valence-electron chi connectivity index (χ3n) is 1.63. The van der Waals surface area contributed by atoms with Crippen LogP contribution >= 0.6 is 0 Å². The summed E-state index contributed by atoms with van der Waals surface area (Å²) < 4.78 is 0. The quantitative estimate of drug-likeness (QED) is 0.699. The summed E-state index contributed by atoms with van der Waals surface area (Å²) in [4.78, 5) is 22.3. The molecule has 14 heavy (non-hydrogen) atoms. The molecule has 4 heteroatoms. The van der Waals surface area contributed by atoms with Crippen molar-refractivity contribution in [2.24, 2.45) is 11.1 Å². The standard InChI is InChI=1S/C10H19N2O2/c1-9(2,3)12-7(13)6-10(4,5)8(11)14/h6H,1-5H3,(H2,11,14)(H,12,13). The summed E-state index contributed by atoms with van der Waals surface area (Å²) in [6.07, 6.45) is 1.31. The van der Waals surface area contributed by atoms with E-state index in [1.54, 1.807) is 13.8 Å². The molecule has 1 radical (unpaired) electrons. The fraction of sp³-hybridized carbons (Fsp3) is 0.700. The maximum absolute atomic E-state index is 11.4. The van der Waals surface area contributed by atoms with Crippen molar-refractivity contribution in [3.63, 3.8) is 0 Å². The summed E-state index contributed by atoms with van der Waals surface area (Å²) in [6, 6.07) is 0. The molecule has 0 atom stereocenters. The molecule has 0 saturated heterocycles. The number of nitrogens with one attached hydrogen (secondary N) is 1. The Morgan fingerprint density at radius 3 is 1.86 bits per heavy atom. The highest BCUT2D eigenvalue weighted by Crippen LogP contribution is 2.18. The molecule has 3 N–H and O–H groups in total. The second-order valence-electron chi connectivity index (χ2n) is 4.97. The zero-order valence-corrected chi connectivity index (χ0v) is 9.47. The molecule has 0 bridgehead atoms. The van der Waals surface area contributed by atoms with Crippen LogP contribution < -0.4 is 11.1 Å². The minimum atomic E-state index is -0.907. The summed E-state index contributed by atoms with van der Waals surface area (Å²) in [7, 11) is 0. The molecule has 0 aromatic rings. The minimum absolute atomic E-state index is 0.277. The first-order chi connectivity index (χ1) is 6.04. The maximum Gasteiger partial charge on any atom is 0.225 e. The average molecular weight is 199 g/mol. The smallest absolute Gasteiger partial charge is 0.225 e. The third-order valence-corrected chi connectivity index (χ3v) is 1.63. The number of rotatable bonds is 3. The highest BCUT2D eigenvalue weighted by molar-refractivity contribution is 5.94. The Morgan fingerprint density at radius 1 is 1.14 bits per heavy atom. The molecule has 0 aromatic carbocycles. The predicted octanol–water partition coefficient (Wildman–Crippen LogP) is 0.617. The third kappa shape index (κ3) is 4.84. The Morgan fingerprint density at radius 2 is 1.57 bits per heavy atom. The van der Waals surface area contributed by atoms with Crippen molar-refractivity contribution < 1.29 is 9.59 Å². The molecule has 0 heterocycles. The molecule has 0 unspecified atom stereocenters. The number of nitrogens with two attached hydrogens (primary N) is 1. The minimum Gasteiger partial charge on any atom is -0.369 e. The van der Waals surface area contributed by atoms with Gasteiger partial charge in [-0.2, -0.15) is 0 Å². The number of carbonyl (C=O) groups excluding carboxylic acids is 2. The predicted molar refractivity (Wildman–Crippen MR) is 55.2 cm³/mol. The van der Waals surface area contributed by atoms with E-state index >= 15 is 0 Å². The molecule has 0 spiro atoms. The van der Waals surface area contributed by atoms with E-state index in [9.17, 15) is 9.59 Å². The van der Waals surface area contributed by atoms with Gasteiger partial charge in [-0.3, -0.25) is 9.59 Å². The first-order valence-corrected chi connectivity index (χ1v) is 4.52. The Labute approximate surface area is 85.2 Å². The number of carbonyl (C=O) groups is 2. The van der Waals surface area contributed by atoms with Crippen LogP contribution in [0.4, 0.5) is 0 Å². The first-order valence-electron chi connectivity index (χ1n) is 4.52. The van der Waals surface area contributed by atoms with E-state index in [1.807, 2.05) is 20.8 Å². The molecular weight excluding hydrogens is 180 g/mol. The molecule has 4 nitrogen and oxygen atoms in total. The Kier molecular flexibility index (Phi) is 3.68. The van der Waals surface area contributed by atoms with Crippen molar-refractivity contribution >= 4 is 11.8 Å². The van der Waals surface area contributed by atoms with Crippen LogP contribution in [0.25, 0.3) is 0 Å². The van der Waals surface area contributed by atoms with Crippen molar-refractivity contribution in [2.75, 3.05) is 0 Å². The van der Waals surface area contributed by atoms with Gasteiger partial charge in [0, 0.05) is 5.54 Å². The van der Waals surface area contributed by atoms with Crippen LogP contribution in [-0.4, -0.2) is 17.4 Å². The van der Waals surface area contributed by atoms with E-state index in [4.69, 9.17) is 5.73 Å². The lowest BCUT2D eigenvalue weighted by Crippen LogP contribution is -2.45. The summed E-state index contributed by atoms with van der Waals surface area (Å²) >= 11 is 0. The van der Waals surface area contributed by atoms with E-state index in [2.05, 4.69) is 5.32 Å². The van der Waals surface area contributed by atoms with Crippen LogP contribution in [0.1, 0.15) is 34.6 Å². The normalized spacial score (nSPS) is 12.4. The van der Waals surface area contributed by atoms with E-state index in [1.165, 1.54) is 6.42 Å². The van der Waals surface area contributed by atoms with Crippen LogP contribution in [0.3, 0.4) is 0 Å². The van der Waals surface area contributed by atoms with Crippen LogP contribution in [0.2, 0.25) is 0 Å². The van der Waals surface area contributed by atoms with Crippen molar-refractivity contribution in [1.82, 2.24) is 5.32 Å². The molecule has 0 saturated carbocycles. The monoisotopic (exact) mass is 199 g/mol. The van der Waals surface area contributed by atoms with Gasteiger partial charge >= 0.3 is 0 Å². The molecule has 0 fully saturated rings. The van der Waals surface area contributed by atoms with Gasteiger partial charge in [-0.15, -0.1) is 0 Å². The molecule has 0 aromatic heterocycles. The van der Waals surface area contributed by atoms with E-state index in [0.717, 1.165) is 0 Å². The van der Waals surface area contributed by atoms with E-state index in [-0.39, 0.29) is 11.4 Å². The zero-order chi connectivity index (χ0) is 11.6. The summed E-state index contributed by atoms with van der Waals surface area (Å²) in [6.45, 7) is 8.83. The van der Waals surface area contributed by atoms with Crippen LogP contribution in [-0.2, 0) is 9.59 Å². The lowest BCUT2D eigenvalue weighted by Gasteiger charge is -2.24. The van der Waals surface area contributed by atoms with Gasteiger partial charge in [0.05, 0.1) is 11.8 Å². The fourth-order valence-corrected chi connectivity index (χ4v) is 0.805. The molecular formula is C10H19N2O2. The SMILES string of the molecule is CC(C)(C)NC(=O)[CH]C(C)(C)C(N)=O. The lowest BCUT2D eigenvalue weighted by molar-refractivity contribution is -0.128. The lowest BCUT2D eigenvalue weighted by atomic mass is 9.88. The van der Waals surface area contributed by atoms with Crippen molar-refractivity contribution in [3.05, 3.63) is 6.42 Å². The maximum atomic E-state index is 11.4. The molecule has 0 rings (SSSR count). The van der Waals surface area contributed by atoms with Crippen molar-refractivity contribution in [2.45, 2.75) is 40.2 Å². The number of hydrogen-bond donors (Lipinski definition) is 2. The van der Waals surface area contributed by atoms with Crippen molar-refractivity contribution in [3.8, 4) is 0 Å². The van der Waals surface area contributed by atoms with Gasteiger partial charge in [-0.1, -0.05) is 13.8 Å². The summed E-state index contributed by atoms with van der Waals surface area (Å²) in [5, 5.41) is 2.73. The second kappa shape index (κ2) is 3.98. The number of amides is 2. The van der Waals surface area contributed by atoms with Gasteiger partial charge < -0.3 is 11.1 Å². The molecule has 0 aliphatic heterocycles. The number of primary amides is 1. The van der Waals surface area contributed by atoms with Crippen LogP contribution in [0.15, 0.2) is 0 Å². The van der Waals surface area contributed by atoms with Crippen LogP contribution in [0.5, 0.6) is 0 Å². The van der Waals surface area contributed by atoms with Gasteiger partial charge in [0.25, 0.3) is 0 Å². The zero-order valence-electron chi connectivity index (χ0n) is 9.47. The topological polar surface area (TPSA) is 72.2 Å². The fourth-order valence-electron chi connectivity index (χ4n) is 0.805. The second-order valence-corrected chi connectivity index (χ2v) is 4.97. The first kappa shape index (κ1) is 12.9. The average Bonchev–Trinajstić information content (AvgIpc) is 1.79. The molecule has 0 aliphatic carbocycles.